The second-order valence-electron chi connectivity index (χ2n) is 10.2. The monoisotopic (exact) mass is 685 g/mol. The number of imide groups is 1. The molecule has 1 fully saturated rings. The van der Waals surface area contributed by atoms with Crippen LogP contribution in [0.5, 0.6) is 17.2 Å². The van der Waals surface area contributed by atoms with Crippen molar-refractivity contribution in [3.63, 3.8) is 0 Å². The second kappa shape index (κ2) is 12.4. The number of methoxy groups -OCH3 is 3. The normalized spacial score (nSPS) is 18.8. The number of hydrogen-bond donors (Lipinski definition) is 1. The van der Waals surface area contributed by atoms with Crippen LogP contribution in [0.3, 0.4) is 0 Å². The van der Waals surface area contributed by atoms with Crippen molar-refractivity contribution in [3.05, 3.63) is 90.8 Å². The highest BCUT2D eigenvalue weighted by atomic mass is 35.5. The number of carbonyl (C=O) groups is 3. The molecule has 0 aliphatic carbocycles. The Kier molecular flexibility index (Phi) is 8.57. The number of fused-ring (bicyclic) bond motifs is 2. The zero-order valence-corrected chi connectivity index (χ0v) is 27.2. The van der Waals surface area contributed by atoms with Gasteiger partial charge in [-0.2, -0.15) is 0 Å². The topological polar surface area (TPSA) is 116 Å². The van der Waals surface area contributed by atoms with E-state index in [4.69, 9.17) is 37.4 Å². The molecule has 2 aliphatic rings. The highest BCUT2D eigenvalue weighted by Crippen LogP contribution is 2.54. The van der Waals surface area contributed by atoms with E-state index in [1.807, 2.05) is 0 Å². The number of thioether (sulfide) groups is 1. The standard InChI is InChI=1S/C31H25Cl2N3O7S2/c1-41-18-8-6-17(7-9-18)36-28(38)25-24(15-4-11-21(42-2)22(12-15)43-3)27-30(44-26(25)29(36)39)35(31(40)45-27)14-23(37)34-16-5-10-19(32)20(33)13-16/h4-13,24-26H,14H2,1-3H3,(H,34,37). The number of nitrogens with one attached hydrogen (secondary N) is 1. The van der Waals surface area contributed by atoms with E-state index in [1.54, 1.807) is 54.6 Å². The van der Waals surface area contributed by atoms with Gasteiger partial charge in [-0.05, 0) is 60.2 Å². The minimum atomic E-state index is -0.858. The summed E-state index contributed by atoms with van der Waals surface area (Å²) in [5, 5.41) is 2.94. The molecule has 1 saturated heterocycles. The van der Waals surface area contributed by atoms with Gasteiger partial charge >= 0.3 is 4.87 Å². The lowest BCUT2D eigenvalue weighted by Crippen LogP contribution is -2.33. The highest BCUT2D eigenvalue weighted by Gasteiger charge is 2.57. The third-order valence-electron chi connectivity index (χ3n) is 7.65. The van der Waals surface area contributed by atoms with Crippen LogP contribution in [-0.2, 0) is 20.9 Å². The van der Waals surface area contributed by atoms with Crippen LogP contribution >= 0.6 is 46.3 Å². The van der Waals surface area contributed by atoms with Crippen LogP contribution in [0, 0.1) is 5.92 Å². The summed E-state index contributed by atoms with van der Waals surface area (Å²) in [5.41, 5.74) is 1.48. The Balaban J connectivity index is 1.42. The lowest BCUT2D eigenvalue weighted by atomic mass is 9.83. The Hall–Kier alpha value is -3.97. The van der Waals surface area contributed by atoms with E-state index in [9.17, 15) is 19.2 Å². The molecule has 14 heteroatoms. The molecular formula is C31H25Cl2N3O7S2. The number of thiazole rings is 1. The number of nitrogens with zero attached hydrogens (tertiary/aromatic N) is 2. The summed E-state index contributed by atoms with van der Waals surface area (Å²) in [7, 11) is 4.55. The molecule has 1 aromatic heterocycles. The van der Waals surface area contributed by atoms with Gasteiger partial charge in [0.15, 0.2) is 11.5 Å². The zero-order chi connectivity index (χ0) is 32.0. The van der Waals surface area contributed by atoms with Gasteiger partial charge in [0.1, 0.15) is 17.5 Å². The summed E-state index contributed by atoms with van der Waals surface area (Å²) in [6.45, 7) is -0.321. The average Bonchev–Trinajstić information content (AvgIpc) is 3.48. The first-order chi connectivity index (χ1) is 21.6. The van der Waals surface area contributed by atoms with Crippen molar-refractivity contribution < 1.29 is 28.6 Å². The first-order valence-corrected chi connectivity index (χ1v) is 16.0. The van der Waals surface area contributed by atoms with E-state index in [0.717, 1.165) is 23.1 Å². The molecule has 0 bridgehead atoms. The fourth-order valence-corrected chi connectivity index (χ4v) is 8.64. The predicted octanol–water partition coefficient (Wildman–Crippen LogP) is 5.68. The van der Waals surface area contributed by atoms with E-state index in [1.165, 1.54) is 36.9 Å². The molecule has 232 valence electrons. The van der Waals surface area contributed by atoms with Crippen molar-refractivity contribution >= 4 is 75.4 Å². The molecule has 3 amide bonds. The minimum absolute atomic E-state index is 0.268. The minimum Gasteiger partial charge on any atom is -0.497 e. The first kappa shape index (κ1) is 31.0. The molecular weight excluding hydrogens is 661 g/mol. The van der Waals surface area contributed by atoms with Crippen molar-refractivity contribution in [2.75, 3.05) is 31.5 Å². The number of rotatable bonds is 8. The van der Waals surface area contributed by atoms with E-state index in [2.05, 4.69) is 5.32 Å². The molecule has 0 spiro atoms. The van der Waals surface area contributed by atoms with E-state index < -0.39 is 39.7 Å². The van der Waals surface area contributed by atoms with Gasteiger partial charge in [0.2, 0.25) is 17.7 Å². The number of hydrogen-bond acceptors (Lipinski definition) is 9. The molecule has 3 aromatic carbocycles. The number of anilines is 2. The molecule has 3 unspecified atom stereocenters. The molecule has 3 heterocycles. The Bertz CT molecular complexity index is 1890. The van der Waals surface area contributed by atoms with Crippen LogP contribution in [0.15, 0.2) is 70.5 Å². The molecule has 3 atom stereocenters. The van der Waals surface area contributed by atoms with Crippen molar-refractivity contribution in [3.8, 4) is 17.2 Å². The zero-order valence-electron chi connectivity index (χ0n) is 24.0. The molecule has 6 rings (SSSR count). The van der Waals surface area contributed by atoms with Crippen LogP contribution in [0.1, 0.15) is 16.4 Å². The maximum Gasteiger partial charge on any atom is 0.308 e. The number of benzene rings is 3. The van der Waals surface area contributed by atoms with Gasteiger partial charge in [0.25, 0.3) is 0 Å². The van der Waals surface area contributed by atoms with Crippen molar-refractivity contribution in [2.24, 2.45) is 5.92 Å². The molecule has 45 heavy (non-hydrogen) atoms. The summed E-state index contributed by atoms with van der Waals surface area (Å²) in [6, 6.07) is 16.6. The largest absolute Gasteiger partial charge is 0.497 e. The van der Waals surface area contributed by atoms with Crippen molar-refractivity contribution in [1.82, 2.24) is 4.57 Å². The Labute approximate surface area is 275 Å². The Morgan fingerprint density at radius 1 is 0.867 bits per heavy atom. The molecule has 0 radical (unpaired) electrons. The van der Waals surface area contributed by atoms with Gasteiger partial charge in [-0.25, -0.2) is 4.90 Å². The van der Waals surface area contributed by atoms with Crippen molar-refractivity contribution in [2.45, 2.75) is 22.7 Å². The smallest absolute Gasteiger partial charge is 0.308 e. The number of halogens is 2. The first-order valence-electron chi connectivity index (χ1n) is 13.5. The Morgan fingerprint density at radius 3 is 2.27 bits per heavy atom. The molecule has 4 aromatic rings. The lowest BCUT2D eigenvalue weighted by Gasteiger charge is -2.31. The number of amides is 3. The molecule has 1 N–H and O–H groups in total. The third-order valence-corrected chi connectivity index (χ3v) is 11.0. The summed E-state index contributed by atoms with van der Waals surface area (Å²) in [5.74, 6) is -1.29. The van der Waals surface area contributed by atoms with Crippen LogP contribution in [0.4, 0.5) is 11.4 Å². The summed E-state index contributed by atoms with van der Waals surface area (Å²) in [6.07, 6.45) is 0. The number of carbonyl (C=O) groups excluding carboxylic acids is 3. The van der Waals surface area contributed by atoms with Gasteiger partial charge in [-0.15, -0.1) is 0 Å². The van der Waals surface area contributed by atoms with Gasteiger partial charge in [-0.1, -0.05) is 52.4 Å². The van der Waals surface area contributed by atoms with Gasteiger partial charge in [-0.3, -0.25) is 23.7 Å². The van der Waals surface area contributed by atoms with Gasteiger partial charge in [0.05, 0.1) is 48.0 Å². The van der Waals surface area contributed by atoms with Crippen LogP contribution < -0.4 is 29.3 Å². The summed E-state index contributed by atoms with van der Waals surface area (Å²) < 4.78 is 17.5. The maximum atomic E-state index is 14.1. The molecule has 10 nitrogen and oxygen atoms in total. The molecule has 2 aliphatic heterocycles. The van der Waals surface area contributed by atoms with Crippen LogP contribution in [0.2, 0.25) is 10.0 Å². The van der Waals surface area contributed by atoms with Gasteiger partial charge in [0, 0.05) is 16.5 Å². The SMILES string of the molecule is COc1ccc(N2C(=O)C3Sc4c(sc(=O)n4CC(=O)Nc4ccc(Cl)c(Cl)c4)C(c4ccc(OC)c(OC)c4)C3C2=O)cc1. The second-order valence-corrected chi connectivity index (χ2v) is 13.1. The van der Waals surface area contributed by atoms with E-state index >= 15 is 0 Å². The van der Waals surface area contributed by atoms with Crippen LogP contribution in [-0.4, -0.2) is 48.9 Å². The van der Waals surface area contributed by atoms with Gasteiger partial charge < -0.3 is 19.5 Å². The fraction of sp³-hybridized carbons (Fsp3) is 0.226. The average molecular weight is 687 g/mol. The number of ether oxygens (including phenoxy) is 3. The quantitative estimate of drug-likeness (QED) is 0.236. The number of aromatic nitrogens is 1. The van der Waals surface area contributed by atoms with E-state index in [-0.39, 0.29) is 11.6 Å². The summed E-state index contributed by atoms with van der Waals surface area (Å²) in [4.78, 5) is 56.1. The highest BCUT2D eigenvalue weighted by molar-refractivity contribution is 8.00. The van der Waals surface area contributed by atoms with Crippen LogP contribution in [0.25, 0.3) is 0 Å². The summed E-state index contributed by atoms with van der Waals surface area (Å²) >= 11 is 14.2. The van der Waals surface area contributed by atoms with Crippen molar-refractivity contribution in [1.29, 1.82) is 0 Å². The molecule has 0 saturated carbocycles. The van der Waals surface area contributed by atoms with E-state index in [0.29, 0.717) is 49.1 Å². The fourth-order valence-electron chi connectivity index (χ4n) is 5.56. The third kappa shape index (κ3) is 5.56. The lowest BCUT2D eigenvalue weighted by molar-refractivity contribution is -0.122. The Morgan fingerprint density at radius 2 is 1.60 bits per heavy atom. The maximum absolute atomic E-state index is 14.1. The predicted molar refractivity (Wildman–Crippen MR) is 174 cm³/mol.